The monoisotopic (exact) mass is 538 g/mol. The molecule has 0 N–H and O–H groups in total. The van der Waals surface area contributed by atoms with Crippen molar-refractivity contribution in [2.24, 2.45) is 0 Å². The van der Waals surface area contributed by atoms with Crippen molar-refractivity contribution in [1.82, 2.24) is 0 Å². The van der Waals surface area contributed by atoms with E-state index in [1.165, 1.54) is 23.1 Å². The first-order valence-corrected chi connectivity index (χ1v) is 12.5. The quantitative estimate of drug-likeness (QED) is 0.210. The Bertz CT molecular complexity index is 1540. The molecule has 0 aliphatic carbocycles. The molecule has 0 bridgehead atoms. The second-order valence-corrected chi connectivity index (χ2v) is 9.58. The van der Waals surface area contributed by atoms with E-state index >= 15 is 0 Å². The minimum Gasteiger partial charge on any atom is -0.748 e. The van der Waals surface area contributed by atoms with Gasteiger partial charge in [0.1, 0.15) is 5.82 Å². The molecule has 1 aliphatic rings. The highest BCUT2D eigenvalue weighted by Gasteiger charge is 2.35. The molecule has 38 heavy (non-hydrogen) atoms. The third-order valence-corrected chi connectivity index (χ3v) is 6.45. The zero-order valence-electron chi connectivity index (χ0n) is 19.9. The molecule has 0 radical (unpaired) electrons. The highest BCUT2D eigenvalue weighted by molar-refractivity contribution is 7.85. The molecule has 0 aromatic heterocycles. The summed E-state index contributed by atoms with van der Waals surface area (Å²) in [4.78, 5) is 6.21. The summed E-state index contributed by atoms with van der Waals surface area (Å²) in [6, 6.07) is 15.2. The van der Waals surface area contributed by atoms with Crippen LogP contribution in [0.2, 0.25) is 0 Å². The van der Waals surface area contributed by atoms with Gasteiger partial charge >= 0.3 is 6.18 Å². The Labute approximate surface area is 218 Å². The van der Waals surface area contributed by atoms with Crippen molar-refractivity contribution in [3.63, 3.8) is 0 Å². The highest BCUT2D eigenvalue weighted by Crippen LogP contribution is 2.44. The third-order valence-electron chi connectivity index (χ3n) is 5.66. The van der Waals surface area contributed by atoms with Gasteiger partial charge in [-0.15, -0.1) is 0 Å². The Morgan fingerprint density at radius 1 is 1.13 bits per heavy atom. The van der Waals surface area contributed by atoms with Gasteiger partial charge in [-0.3, -0.25) is 0 Å². The second-order valence-electron chi connectivity index (χ2n) is 8.06. The van der Waals surface area contributed by atoms with E-state index in [0.29, 0.717) is 17.1 Å². The van der Waals surface area contributed by atoms with Crippen molar-refractivity contribution >= 4 is 27.1 Å². The van der Waals surface area contributed by atoms with E-state index in [2.05, 4.69) is 4.85 Å². The Kier molecular flexibility index (Phi) is 8.27. The number of alkyl halides is 3. The number of hydrogen-bond acceptors (Lipinski definition) is 7. The second kappa shape index (κ2) is 11.2. The smallest absolute Gasteiger partial charge is 0.416 e. The van der Waals surface area contributed by atoms with Crippen LogP contribution in [0.5, 0.6) is 0 Å². The van der Waals surface area contributed by atoms with Crippen molar-refractivity contribution in [2.45, 2.75) is 12.6 Å². The fourth-order valence-electron chi connectivity index (χ4n) is 3.96. The molecule has 0 saturated carbocycles. The van der Waals surface area contributed by atoms with Crippen molar-refractivity contribution in [2.75, 3.05) is 29.1 Å². The van der Waals surface area contributed by atoms with Crippen LogP contribution in [0, 0.1) is 29.2 Å². The topological polar surface area (TPSA) is 116 Å². The van der Waals surface area contributed by atoms with Crippen LogP contribution in [0.3, 0.4) is 0 Å². The maximum atomic E-state index is 13.4. The van der Waals surface area contributed by atoms with Gasteiger partial charge in [-0.25, -0.2) is 18.5 Å². The van der Waals surface area contributed by atoms with Gasteiger partial charge in [0.15, 0.2) is 0 Å². The maximum Gasteiger partial charge on any atom is 0.416 e. The van der Waals surface area contributed by atoms with Gasteiger partial charge in [0, 0.05) is 24.9 Å². The first-order chi connectivity index (χ1) is 17.9. The zero-order chi connectivity index (χ0) is 28.1. The van der Waals surface area contributed by atoms with Gasteiger partial charge in [-0.2, -0.15) is 18.4 Å². The largest absolute Gasteiger partial charge is 0.748 e. The Balaban J connectivity index is 2.15. The number of anilines is 2. The van der Waals surface area contributed by atoms with Gasteiger partial charge in [0.25, 0.3) is 5.70 Å². The summed E-state index contributed by atoms with van der Waals surface area (Å²) in [6.07, 6.45) is -2.02. The predicted molar refractivity (Wildman–Crippen MR) is 134 cm³/mol. The van der Waals surface area contributed by atoms with Gasteiger partial charge < -0.3 is 14.4 Å². The fourth-order valence-corrected chi connectivity index (χ4v) is 4.44. The van der Waals surface area contributed by atoms with Crippen LogP contribution in [0.4, 0.5) is 24.5 Å². The first-order valence-electron chi connectivity index (χ1n) is 11.0. The molecule has 194 valence electrons. The SMILES string of the molecule is [C-]#[N+]/C(C#N)=C(/C(C#N)=C/C=C1\N(C)c2ccc(C(F)(F)F)cc2N1CCCS(=O)(=O)[O-])c1ccccc1. The first kappa shape index (κ1) is 28.0. The van der Waals surface area contributed by atoms with E-state index in [4.69, 9.17) is 6.57 Å². The lowest BCUT2D eigenvalue weighted by Crippen LogP contribution is -2.27. The minimum atomic E-state index is -4.62. The Morgan fingerprint density at radius 3 is 2.37 bits per heavy atom. The summed E-state index contributed by atoms with van der Waals surface area (Å²) in [5, 5.41) is 19.4. The van der Waals surface area contributed by atoms with E-state index in [0.717, 1.165) is 12.1 Å². The molecule has 1 heterocycles. The number of hydrogen-bond donors (Lipinski definition) is 0. The van der Waals surface area contributed by atoms with Crippen molar-refractivity contribution < 1.29 is 26.1 Å². The van der Waals surface area contributed by atoms with Crippen molar-refractivity contribution in [3.05, 3.63) is 100 Å². The molecule has 2 aromatic carbocycles. The maximum absolute atomic E-state index is 13.4. The van der Waals surface area contributed by atoms with Gasteiger partial charge in [0.2, 0.25) is 0 Å². The number of nitrogens with zero attached hydrogens (tertiary/aromatic N) is 5. The van der Waals surface area contributed by atoms with Crippen LogP contribution in [0.25, 0.3) is 10.4 Å². The molecule has 0 spiro atoms. The van der Waals surface area contributed by atoms with E-state index in [1.807, 2.05) is 6.07 Å². The van der Waals surface area contributed by atoms with Crippen LogP contribution < -0.4 is 9.80 Å². The lowest BCUT2D eigenvalue weighted by atomic mass is 9.96. The van der Waals surface area contributed by atoms with Crippen molar-refractivity contribution in [1.29, 1.82) is 10.5 Å². The van der Waals surface area contributed by atoms with Crippen LogP contribution >= 0.6 is 0 Å². The molecule has 8 nitrogen and oxygen atoms in total. The molecular weight excluding hydrogens is 519 g/mol. The summed E-state index contributed by atoms with van der Waals surface area (Å²) in [5.74, 6) is -0.421. The molecule has 0 saturated heterocycles. The Morgan fingerprint density at radius 2 is 1.82 bits per heavy atom. The van der Waals surface area contributed by atoms with E-state index in [1.54, 1.807) is 48.3 Å². The van der Waals surface area contributed by atoms with Crippen LogP contribution in [-0.2, 0) is 16.3 Å². The number of nitriles is 2. The summed E-state index contributed by atoms with van der Waals surface area (Å²) >= 11 is 0. The molecule has 3 rings (SSSR count). The lowest BCUT2D eigenvalue weighted by Gasteiger charge is -2.23. The number of halogens is 3. The predicted octanol–water partition coefficient (Wildman–Crippen LogP) is 5.04. The van der Waals surface area contributed by atoms with E-state index < -0.39 is 27.6 Å². The summed E-state index contributed by atoms with van der Waals surface area (Å²) in [5.41, 5.74) is -0.215. The van der Waals surface area contributed by atoms with E-state index in [-0.39, 0.29) is 35.5 Å². The number of fused-ring (bicyclic) bond motifs is 1. The number of allylic oxidation sites excluding steroid dienone is 5. The van der Waals surface area contributed by atoms with Crippen molar-refractivity contribution in [3.8, 4) is 12.1 Å². The van der Waals surface area contributed by atoms with Crippen LogP contribution in [-0.4, -0.2) is 32.3 Å². The minimum absolute atomic E-state index is 0.0429. The molecule has 0 amide bonds. The van der Waals surface area contributed by atoms with Crippen LogP contribution in [0.1, 0.15) is 17.5 Å². The fraction of sp³-hybridized carbons (Fsp3) is 0.192. The van der Waals surface area contributed by atoms with Crippen LogP contribution in [0.15, 0.2) is 77.8 Å². The molecule has 0 unspecified atom stereocenters. The molecule has 2 aromatic rings. The molecular formula is C26H19F3N5O3S-. The molecule has 12 heteroatoms. The lowest BCUT2D eigenvalue weighted by molar-refractivity contribution is -0.137. The third kappa shape index (κ3) is 6.22. The normalized spacial score (nSPS) is 15.4. The Hall–Kier alpha value is -4.57. The number of rotatable bonds is 7. The summed E-state index contributed by atoms with van der Waals surface area (Å²) < 4.78 is 73.6. The average molecular weight is 539 g/mol. The van der Waals surface area contributed by atoms with Gasteiger partial charge in [0.05, 0.1) is 51.3 Å². The van der Waals surface area contributed by atoms with E-state index in [9.17, 15) is 36.7 Å². The summed E-state index contributed by atoms with van der Waals surface area (Å²) in [7, 11) is -2.97. The molecule has 0 fully saturated rings. The standard InChI is InChI=1S/C26H20F3N5O3S/c1-32-21(17-31)25(18-7-4-3-5-8-18)19(16-30)9-12-24-33(2)22-11-10-20(26(27,28)29)15-23(22)34(24)13-6-14-38(35,36)37/h3-5,7-12,15H,6,13-14H2,2H3,(H,35,36,37)/p-1/b19-9+,24-12+,25-21+. The zero-order valence-corrected chi connectivity index (χ0v) is 20.7. The average Bonchev–Trinajstić information content (AvgIpc) is 3.13. The van der Waals surface area contributed by atoms with Gasteiger partial charge in [-0.1, -0.05) is 30.3 Å². The number of benzene rings is 2. The molecule has 0 atom stereocenters. The summed E-state index contributed by atoms with van der Waals surface area (Å²) in [6.45, 7) is 7.26. The van der Waals surface area contributed by atoms with Gasteiger partial charge in [-0.05, 0) is 42.3 Å². The highest BCUT2D eigenvalue weighted by atomic mass is 32.2. The molecule has 1 aliphatic heterocycles.